The van der Waals surface area contributed by atoms with Crippen LogP contribution in [0.2, 0.25) is 0 Å². The van der Waals surface area contributed by atoms with Gasteiger partial charge in [-0.05, 0) is 78.9 Å². The molecule has 0 heterocycles. The van der Waals surface area contributed by atoms with Crippen LogP contribution in [0.3, 0.4) is 0 Å². The van der Waals surface area contributed by atoms with Crippen LogP contribution in [-0.2, 0) is 115 Å². The maximum absolute atomic E-state index is 11.1. The second-order valence-corrected chi connectivity index (χ2v) is 26.2. The van der Waals surface area contributed by atoms with E-state index in [1.54, 1.807) is 24.3 Å². The normalized spacial score (nSPS) is 16.7. The summed E-state index contributed by atoms with van der Waals surface area (Å²) in [6, 6.07) is 27.7. The fourth-order valence-corrected chi connectivity index (χ4v) is 11.5. The largest absolute Gasteiger partial charge is 4.00 e. The van der Waals surface area contributed by atoms with Gasteiger partial charge in [0.15, 0.2) is 22.3 Å². The molecule has 39 heteroatoms. The van der Waals surface area contributed by atoms with Gasteiger partial charge in [-0.25, -0.2) is 0 Å². The van der Waals surface area contributed by atoms with E-state index in [-0.39, 0.29) is 102 Å². The number of aliphatic hydroxyl groups is 4. The predicted octanol–water partition coefficient (Wildman–Crippen LogP) is -4.77. The molecule has 4 rings (SSSR count). The topological polar surface area (TPSA) is 531 Å². The first kappa shape index (κ1) is 71.2. The van der Waals surface area contributed by atoms with Gasteiger partial charge >= 0.3 is 78.6 Å². The van der Waals surface area contributed by atoms with E-state index in [1.807, 2.05) is 0 Å². The number of aliphatic hydroxyl groups excluding tert-OH is 4. The maximum Gasteiger partial charge on any atom is 4.00 e. The maximum atomic E-state index is 11.1. The van der Waals surface area contributed by atoms with Gasteiger partial charge in [-0.1, -0.05) is 72.8 Å². The zero-order valence-electron chi connectivity index (χ0n) is 32.5. The Hall–Kier alpha value is -0.0706. The van der Waals surface area contributed by atoms with E-state index in [9.17, 15) is 95.2 Å². The van der Waals surface area contributed by atoms with Gasteiger partial charge in [-0.15, -0.1) is 0 Å². The number of hydrogen-bond acceptors (Lipinski definition) is 28. The van der Waals surface area contributed by atoms with Crippen molar-refractivity contribution in [1.29, 1.82) is 0 Å². The van der Waals surface area contributed by atoms with Crippen molar-refractivity contribution in [2.24, 2.45) is 0 Å². The third-order valence-electron chi connectivity index (χ3n) is 6.17. The van der Waals surface area contributed by atoms with E-state index < -0.39 is 83.1 Å². The van der Waals surface area contributed by atoms with Crippen LogP contribution in [0.1, 0.15) is 0 Å². The third kappa shape index (κ3) is 27.0. The molecule has 0 aliphatic heterocycles. The Balaban J connectivity index is -0.000000803. The van der Waals surface area contributed by atoms with Crippen LogP contribution in [0.4, 0.5) is 0 Å². The zero-order chi connectivity index (χ0) is 49.6. The smallest absolute Gasteiger partial charge is 0.809 e. The molecule has 4 aromatic carbocycles. The fourth-order valence-electron chi connectivity index (χ4n) is 3.39. The van der Waals surface area contributed by atoms with Crippen molar-refractivity contribution in [1.82, 2.24) is 0 Å². The number of hydrogen-bond donors (Lipinski definition) is 4. The first-order valence-electron chi connectivity index (χ1n) is 15.9. The molecule has 4 N–H and O–H groups in total. The Kier molecular flexibility index (Phi) is 32.1. The van der Waals surface area contributed by atoms with Crippen LogP contribution >= 0.6 is 60.8 Å². The molecule has 8 unspecified atom stereocenters. The minimum absolute atomic E-state index is 0. The van der Waals surface area contributed by atoms with E-state index in [0.29, 0.717) is 0 Å². The van der Waals surface area contributed by atoms with Gasteiger partial charge in [0, 0.05) is 0 Å². The van der Waals surface area contributed by atoms with Crippen molar-refractivity contribution in [3.8, 4) is 23.0 Å². The quantitative estimate of drug-likeness (QED) is 0.0765. The molecule has 0 bridgehead atoms. The fraction of sp³-hybridized carbons (Fsp3) is 0.143. The van der Waals surface area contributed by atoms with Crippen LogP contribution in [0.5, 0.6) is 23.0 Å². The molecule has 0 saturated heterocycles. The summed E-state index contributed by atoms with van der Waals surface area (Å²) in [4.78, 5) is 127. The molecule has 0 aliphatic rings. The monoisotopic (exact) mass is 1330 g/mol. The SMILES string of the molecule is O=P([O-])([O-])C(O)P(=O)([O-])Oc1ccccc1.O=P([O-])([O-])C(O)P(=O)([O-])Oc1ccccc1.O=P([O-])([O-])C(O)P(=O)([O-])Oc1ccccc1.O=P([O-])([O-])C(O)P(=O)([O-])Oc1ccccc1.[Zr+4].[Zr+4].[Zr+4]. The van der Waals surface area contributed by atoms with Crippen LogP contribution in [0.15, 0.2) is 121 Å². The average Bonchev–Trinajstić information content (AvgIpc) is 3.17. The summed E-state index contributed by atoms with van der Waals surface area (Å²) in [5, 5.41) is 35.1. The third-order valence-corrected chi connectivity index (χ3v) is 19.3. The number of para-hydroxylation sites is 4. The van der Waals surface area contributed by atoms with Gasteiger partial charge in [0.25, 0.3) is 0 Å². The van der Waals surface area contributed by atoms with E-state index in [2.05, 4.69) is 18.1 Å². The van der Waals surface area contributed by atoms with Gasteiger partial charge in [-0.3, -0.25) is 18.3 Å². The van der Waals surface area contributed by atoms with Gasteiger partial charge in [0.1, 0.15) is 23.0 Å². The van der Waals surface area contributed by atoms with E-state index >= 15 is 0 Å². The Morgan fingerprint density at radius 2 is 0.403 bits per heavy atom. The second-order valence-electron chi connectivity index (χ2n) is 11.3. The van der Waals surface area contributed by atoms with Gasteiger partial charge in [0.2, 0.25) is 30.4 Å². The summed E-state index contributed by atoms with van der Waals surface area (Å²) in [6.07, 6.45) is 0. The minimum Gasteiger partial charge on any atom is -0.809 e. The summed E-state index contributed by atoms with van der Waals surface area (Å²) in [5.74, 6) is -0.747. The summed E-state index contributed by atoms with van der Waals surface area (Å²) < 4.78 is 103. The summed E-state index contributed by atoms with van der Waals surface area (Å²) in [6.45, 7) is 0. The van der Waals surface area contributed by atoms with Gasteiger partial charge in [-0.2, -0.15) is 0 Å². The number of rotatable bonds is 16. The standard InChI is InChI=1S/4C7H10O7P2.3Zr/c4*8-7(15(9,10)11)16(12,13)14-6-4-2-1-3-5-6;;;/h4*1-5,7-8H,(H,12,13)(H2,9,10,11);;;/q;;;;3*+4/p-12. The van der Waals surface area contributed by atoms with Gasteiger partial charge in [0.05, 0.1) is 0 Å². The van der Waals surface area contributed by atoms with Crippen molar-refractivity contribution in [2.75, 3.05) is 0 Å². The Morgan fingerprint density at radius 1 is 0.284 bits per heavy atom. The Morgan fingerprint density at radius 3 is 0.507 bits per heavy atom. The molecule has 4 aromatic rings. The molecule has 28 nitrogen and oxygen atoms in total. The number of benzene rings is 4. The Labute approximate surface area is 436 Å². The average molecular weight is 1330 g/mol. The van der Waals surface area contributed by atoms with Crippen LogP contribution in [0.25, 0.3) is 0 Å². The molecule has 8 atom stereocenters. The summed E-state index contributed by atoms with van der Waals surface area (Å²) in [7, 11) is -43.5. The summed E-state index contributed by atoms with van der Waals surface area (Å²) >= 11 is 0. The van der Waals surface area contributed by atoms with E-state index in [1.165, 1.54) is 97.1 Å². The first-order chi connectivity index (χ1) is 28.9. The first-order valence-corrected chi connectivity index (χ1v) is 28.8. The van der Waals surface area contributed by atoms with Crippen LogP contribution in [0, 0.1) is 0 Å². The molecule has 0 radical (unpaired) electrons. The van der Waals surface area contributed by atoms with Crippen molar-refractivity contribution in [3.05, 3.63) is 121 Å². The van der Waals surface area contributed by atoms with Crippen molar-refractivity contribution in [2.45, 2.75) is 22.3 Å². The molecule has 0 fully saturated rings. The molecular weight excluding hydrogens is 1310 g/mol. The van der Waals surface area contributed by atoms with E-state index in [0.717, 1.165) is 0 Å². The Bertz CT molecular complexity index is 2120. The molecule has 0 spiro atoms. The van der Waals surface area contributed by atoms with Crippen molar-refractivity contribution in [3.63, 3.8) is 0 Å². The zero-order valence-corrected chi connectivity index (χ0v) is 47.1. The van der Waals surface area contributed by atoms with Crippen LogP contribution < -0.4 is 76.8 Å². The molecule has 0 aliphatic carbocycles. The molecular formula is C28H28O28P8Zr3. The van der Waals surface area contributed by atoms with Crippen molar-refractivity contribution < 1.29 is 212 Å². The molecule has 0 amide bonds. The second kappa shape index (κ2) is 30.2. The van der Waals surface area contributed by atoms with E-state index in [4.69, 9.17) is 20.4 Å². The molecule has 0 saturated carbocycles. The molecule has 360 valence electrons. The summed E-state index contributed by atoms with van der Waals surface area (Å²) in [5.41, 5.74) is -12.3. The van der Waals surface area contributed by atoms with Crippen LogP contribution in [-0.4, -0.2) is 42.8 Å². The predicted molar refractivity (Wildman–Crippen MR) is 193 cm³/mol. The molecule has 0 aromatic heterocycles. The van der Waals surface area contributed by atoms with Crippen molar-refractivity contribution >= 4 is 60.8 Å². The minimum atomic E-state index is -5.66. The van der Waals surface area contributed by atoms with Gasteiger partial charge < -0.3 is 116 Å². The molecule has 67 heavy (non-hydrogen) atoms.